The van der Waals surface area contributed by atoms with E-state index in [0.717, 1.165) is 11.3 Å². The Morgan fingerprint density at radius 3 is 2.75 bits per heavy atom. The largest absolute Gasteiger partial charge is 0.506 e. The number of fused-ring (bicyclic) bond motifs is 2. The highest BCUT2D eigenvalue weighted by molar-refractivity contribution is 5.97. The lowest BCUT2D eigenvalue weighted by atomic mass is 9.98. The molecule has 0 aromatic heterocycles. The number of ether oxygens (including phenoxy) is 2. The Kier molecular flexibility index (Phi) is 5.94. The molecule has 0 bridgehead atoms. The number of aliphatic hydroxyl groups is 1. The second-order valence-electron chi connectivity index (χ2n) is 8.58. The maximum atomic E-state index is 12.3. The fourth-order valence-corrected chi connectivity index (χ4v) is 3.83. The Bertz CT molecular complexity index is 1040. The lowest BCUT2D eigenvalue weighted by Crippen LogP contribution is -2.46. The lowest BCUT2D eigenvalue weighted by Gasteiger charge is -2.33. The Balaban J connectivity index is 1.39. The summed E-state index contributed by atoms with van der Waals surface area (Å²) in [6.45, 7) is 4.74. The van der Waals surface area contributed by atoms with E-state index >= 15 is 0 Å². The van der Waals surface area contributed by atoms with Gasteiger partial charge in [-0.05, 0) is 38.5 Å². The van der Waals surface area contributed by atoms with Gasteiger partial charge in [0.05, 0.1) is 11.8 Å². The molecule has 9 heteroatoms. The molecular weight excluding hydrogens is 414 g/mol. The molecule has 0 spiro atoms. The fraction of sp³-hybridized carbons (Fsp3) is 0.391. The van der Waals surface area contributed by atoms with Gasteiger partial charge in [0.2, 0.25) is 0 Å². The minimum atomic E-state index is -0.931. The molecule has 1 atom stereocenters. The summed E-state index contributed by atoms with van der Waals surface area (Å²) in [5, 5.41) is 26.7. The summed E-state index contributed by atoms with van der Waals surface area (Å²) >= 11 is 0. The van der Waals surface area contributed by atoms with Gasteiger partial charge in [-0.2, -0.15) is 0 Å². The van der Waals surface area contributed by atoms with Crippen LogP contribution in [0, 0.1) is 0 Å². The van der Waals surface area contributed by atoms with Crippen molar-refractivity contribution in [3.63, 3.8) is 0 Å². The van der Waals surface area contributed by atoms with Crippen LogP contribution in [0.15, 0.2) is 36.4 Å². The molecule has 2 aromatic rings. The topological polar surface area (TPSA) is 120 Å². The predicted octanol–water partition coefficient (Wildman–Crippen LogP) is 2.67. The highest BCUT2D eigenvalue weighted by Gasteiger charge is 2.29. The van der Waals surface area contributed by atoms with E-state index in [2.05, 4.69) is 10.6 Å². The number of phenols is 1. The maximum absolute atomic E-state index is 12.3. The van der Waals surface area contributed by atoms with Crippen LogP contribution in [0.25, 0.3) is 0 Å². The molecule has 2 aromatic carbocycles. The monoisotopic (exact) mass is 441 g/mol. The number of amides is 2. The summed E-state index contributed by atoms with van der Waals surface area (Å²) in [6, 6.07) is 10.7. The van der Waals surface area contributed by atoms with E-state index < -0.39 is 11.6 Å². The quantitative estimate of drug-likeness (QED) is 0.488. The number of β-amino-alcohol motifs (C(OH)–C–C–N with tert-alkyl or cyclic N) is 1. The molecule has 2 aliphatic rings. The number of nitrogens with zero attached hydrogens (tertiary/aromatic N) is 1. The van der Waals surface area contributed by atoms with Gasteiger partial charge in [-0.15, -0.1) is 0 Å². The number of nitrogens with one attached hydrogen (secondary N) is 2. The van der Waals surface area contributed by atoms with Crippen molar-refractivity contribution in [1.82, 2.24) is 5.32 Å². The number of carbonyl (C=O) groups excluding carboxylic acids is 2. The van der Waals surface area contributed by atoms with Crippen LogP contribution in [-0.4, -0.2) is 47.4 Å². The van der Waals surface area contributed by atoms with Crippen molar-refractivity contribution in [3.8, 4) is 11.5 Å². The number of anilines is 2. The van der Waals surface area contributed by atoms with Crippen LogP contribution in [0.5, 0.6) is 11.5 Å². The van der Waals surface area contributed by atoms with Crippen molar-refractivity contribution >= 4 is 23.4 Å². The first-order valence-electron chi connectivity index (χ1n) is 10.5. The van der Waals surface area contributed by atoms with Crippen molar-refractivity contribution in [2.75, 3.05) is 29.9 Å². The molecule has 2 aliphatic heterocycles. The van der Waals surface area contributed by atoms with E-state index in [1.54, 1.807) is 11.0 Å². The molecule has 0 aliphatic carbocycles. The van der Waals surface area contributed by atoms with Gasteiger partial charge in [-0.1, -0.05) is 18.2 Å². The highest BCUT2D eigenvalue weighted by Crippen LogP contribution is 2.41. The Labute approximate surface area is 185 Å². The molecule has 0 fully saturated rings. The summed E-state index contributed by atoms with van der Waals surface area (Å²) in [7, 11) is 0. The summed E-state index contributed by atoms with van der Waals surface area (Å²) in [4.78, 5) is 25.5. The number of benzene rings is 2. The van der Waals surface area contributed by atoms with Gasteiger partial charge in [0, 0.05) is 29.8 Å². The van der Waals surface area contributed by atoms with E-state index in [1.165, 1.54) is 6.07 Å². The van der Waals surface area contributed by atoms with E-state index in [-0.39, 0.29) is 48.9 Å². The summed E-state index contributed by atoms with van der Waals surface area (Å²) < 4.78 is 10.7. The van der Waals surface area contributed by atoms with Gasteiger partial charge in [0.1, 0.15) is 18.0 Å². The number of phenolic OH excluding ortho intramolecular Hbond substituents is 1. The van der Waals surface area contributed by atoms with Gasteiger partial charge < -0.3 is 30.3 Å². The number of carbonyl (C=O) groups is 2. The van der Waals surface area contributed by atoms with E-state index in [4.69, 9.17) is 9.47 Å². The molecule has 0 saturated carbocycles. The van der Waals surface area contributed by atoms with E-state index in [0.29, 0.717) is 18.5 Å². The van der Waals surface area contributed by atoms with Gasteiger partial charge in [0.15, 0.2) is 12.4 Å². The van der Waals surface area contributed by atoms with Crippen LogP contribution >= 0.6 is 0 Å². The van der Waals surface area contributed by atoms with Crippen LogP contribution < -0.4 is 20.3 Å². The minimum absolute atomic E-state index is 0.119. The Morgan fingerprint density at radius 1 is 1.16 bits per heavy atom. The average molecular weight is 441 g/mol. The van der Waals surface area contributed by atoms with E-state index in [9.17, 15) is 19.8 Å². The zero-order chi connectivity index (χ0) is 22.9. The predicted molar refractivity (Wildman–Crippen MR) is 118 cm³/mol. The van der Waals surface area contributed by atoms with Crippen LogP contribution in [0.2, 0.25) is 0 Å². The normalized spacial score (nSPS) is 16.4. The SMILES string of the molecule is CC(C)(CCN1C(=O)OCc2ccccc21)NCC(O)c1ccc(O)c2c1OCC(=O)N2. The average Bonchev–Trinajstić information content (AvgIpc) is 2.77. The third kappa shape index (κ3) is 4.49. The first-order valence-corrected chi connectivity index (χ1v) is 10.5. The number of rotatable bonds is 7. The molecule has 170 valence electrons. The molecule has 2 amide bonds. The first-order chi connectivity index (χ1) is 15.2. The van der Waals surface area contributed by atoms with Crippen LogP contribution in [0.1, 0.15) is 37.5 Å². The number of para-hydroxylation sites is 1. The molecule has 0 saturated heterocycles. The van der Waals surface area contributed by atoms with Crippen LogP contribution in [0.4, 0.5) is 16.2 Å². The summed E-state index contributed by atoms with van der Waals surface area (Å²) in [6.07, 6.45) is -0.683. The van der Waals surface area contributed by atoms with Crippen LogP contribution in [0.3, 0.4) is 0 Å². The molecule has 0 radical (unpaired) electrons. The number of aliphatic hydroxyl groups excluding tert-OH is 1. The third-order valence-corrected chi connectivity index (χ3v) is 5.73. The van der Waals surface area contributed by atoms with Gasteiger partial charge in [-0.25, -0.2) is 4.79 Å². The number of hydrogen-bond donors (Lipinski definition) is 4. The van der Waals surface area contributed by atoms with Crippen molar-refractivity contribution in [1.29, 1.82) is 0 Å². The zero-order valence-electron chi connectivity index (χ0n) is 18.1. The van der Waals surface area contributed by atoms with Crippen LogP contribution in [-0.2, 0) is 16.1 Å². The summed E-state index contributed by atoms with van der Waals surface area (Å²) in [5.41, 5.74) is 2.06. The second-order valence-corrected chi connectivity index (χ2v) is 8.58. The highest BCUT2D eigenvalue weighted by atomic mass is 16.6. The van der Waals surface area contributed by atoms with Gasteiger partial charge >= 0.3 is 6.09 Å². The Hall–Kier alpha value is -3.30. The molecule has 32 heavy (non-hydrogen) atoms. The minimum Gasteiger partial charge on any atom is -0.506 e. The van der Waals surface area contributed by atoms with E-state index in [1.807, 2.05) is 38.1 Å². The number of cyclic esters (lactones) is 1. The standard InChI is InChI=1S/C23H27N3O6/c1-23(2,9-10-26-16-6-4-3-5-14(16)12-32-22(26)30)24-11-18(28)15-7-8-17(27)20-21(15)31-13-19(29)25-20/h3-8,18,24,27-28H,9-13H2,1-2H3,(H,25,29). The number of aromatic hydroxyl groups is 1. The third-order valence-electron chi connectivity index (χ3n) is 5.73. The molecule has 9 nitrogen and oxygen atoms in total. The second kappa shape index (κ2) is 8.68. The van der Waals surface area contributed by atoms with Crippen molar-refractivity contribution < 1.29 is 29.3 Å². The van der Waals surface area contributed by atoms with Crippen molar-refractivity contribution in [2.45, 2.75) is 38.5 Å². The Morgan fingerprint density at radius 2 is 1.94 bits per heavy atom. The fourth-order valence-electron chi connectivity index (χ4n) is 3.83. The summed E-state index contributed by atoms with van der Waals surface area (Å²) in [5.74, 6) is -0.216. The van der Waals surface area contributed by atoms with Gasteiger partial charge in [0.25, 0.3) is 5.91 Å². The first kappa shape index (κ1) is 21.9. The molecule has 4 N–H and O–H groups in total. The maximum Gasteiger partial charge on any atom is 0.414 e. The van der Waals surface area contributed by atoms with Crippen molar-refractivity contribution in [3.05, 3.63) is 47.5 Å². The zero-order valence-corrected chi connectivity index (χ0v) is 18.1. The smallest absolute Gasteiger partial charge is 0.414 e. The molecule has 1 unspecified atom stereocenters. The molecule has 4 rings (SSSR count). The van der Waals surface area contributed by atoms with Crippen molar-refractivity contribution in [2.24, 2.45) is 0 Å². The number of hydrogen-bond acceptors (Lipinski definition) is 7. The lowest BCUT2D eigenvalue weighted by molar-refractivity contribution is -0.118. The molecular formula is C23H27N3O6. The molecule has 2 heterocycles. The van der Waals surface area contributed by atoms with Gasteiger partial charge in [-0.3, -0.25) is 9.69 Å².